The number of aromatic nitrogens is 2. The Morgan fingerprint density at radius 1 is 1.47 bits per heavy atom. The Balaban J connectivity index is 2.41. The van der Waals surface area contributed by atoms with Crippen LogP contribution in [0.5, 0.6) is 5.75 Å². The van der Waals surface area contributed by atoms with Crippen LogP contribution in [0.3, 0.4) is 0 Å². The Labute approximate surface area is 117 Å². The number of carbonyl (C=O) groups is 1. The maximum absolute atomic E-state index is 12.5. The molecule has 2 rings (SSSR count). The Morgan fingerprint density at radius 3 is 2.95 bits per heavy atom. The van der Waals surface area contributed by atoms with Gasteiger partial charge in [-0.05, 0) is 24.6 Å². The summed E-state index contributed by atoms with van der Waals surface area (Å²) >= 11 is 5.89. The van der Waals surface area contributed by atoms with Crippen LogP contribution in [-0.2, 0) is 6.54 Å². The monoisotopic (exact) mass is 278 g/mol. The third-order valence-electron chi connectivity index (χ3n) is 2.79. The van der Waals surface area contributed by atoms with E-state index >= 15 is 0 Å². The predicted molar refractivity (Wildman–Crippen MR) is 74.0 cm³/mol. The Bertz CT molecular complexity index is 593. The van der Waals surface area contributed by atoms with Crippen LogP contribution in [0.1, 0.15) is 29.5 Å². The normalized spacial score (nSPS) is 10.5. The Kier molecular flexibility index (Phi) is 4.22. The zero-order chi connectivity index (χ0) is 13.8. The molecule has 0 saturated carbocycles. The molecule has 0 fully saturated rings. The summed E-state index contributed by atoms with van der Waals surface area (Å²) in [6, 6.07) is 4.96. The Morgan fingerprint density at radius 2 is 2.26 bits per heavy atom. The van der Waals surface area contributed by atoms with Crippen molar-refractivity contribution < 1.29 is 9.53 Å². The van der Waals surface area contributed by atoms with E-state index in [4.69, 9.17) is 16.3 Å². The average molecular weight is 279 g/mol. The number of carbonyl (C=O) groups excluding carboxylic acids is 1. The number of imidazole rings is 1. The molecule has 0 atom stereocenters. The highest BCUT2D eigenvalue weighted by Gasteiger charge is 2.19. The first-order valence-corrected chi connectivity index (χ1v) is 6.44. The van der Waals surface area contributed by atoms with Crippen LogP contribution in [0.4, 0.5) is 0 Å². The van der Waals surface area contributed by atoms with Crippen molar-refractivity contribution in [2.45, 2.75) is 19.9 Å². The second-order valence-corrected chi connectivity index (χ2v) is 4.55. The van der Waals surface area contributed by atoms with Gasteiger partial charge in [-0.2, -0.15) is 0 Å². The van der Waals surface area contributed by atoms with E-state index in [1.165, 1.54) is 7.11 Å². The van der Waals surface area contributed by atoms with E-state index in [0.717, 1.165) is 13.0 Å². The van der Waals surface area contributed by atoms with E-state index in [1.807, 2.05) is 4.57 Å². The number of ether oxygens (including phenoxy) is 1. The van der Waals surface area contributed by atoms with Gasteiger partial charge in [-0.25, -0.2) is 4.98 Å². The van der Waals surface area contributed by atoms with Gasteiger partial charge in [0.15, 0.2) is 5.82 Å². The van der Waals surface area contributed by atoms with Crippen LogP contribution in [0.25, 0.3) is 0 Å². The molecule has 0 aliphatic rings. The lowest BCUT2D eigenvalue weighted by molar-refractivity contribution is 0.102. The second kappa shape index (κ2) is 5.89. The molecule has 100 valence electrons. The summed E-state index contributed by atoms with van der Waals surface area (Å²) in [6.07, 6.45) is 4.37. The molecule has 4 nitrogen and oxygen atoms in total. The number of nitrogens with zero attached hydrogens (tertiary/aromatic N) is 2. The van der Waals surface area contributed by atoms with Gasteiger partial charge in [0.25, 0.3) is 0 Å². The van der Waals surface area contributed by atoms with Crippen molar-refractivity contribution in [3.05, 3.63) is 47.0 Å². The molecule has 0 aliphatic heterocycles. The third kappa shape index (κ3) is 2.79. The highest BCUT2D eigenvalue weighted by atomic mass is 35.5. The molecular weight excluding hydrogens is 264 g/mol. The molecule has 2 aromatic rings. The number of benzene rings is 1. The maximum Gasteiger partial charge on any atom is 0.232 e. The summed E-state index contributed by atoms with van der Waals surface area (Å²) in [7, 11) is 1.51. The molecule has 0 unspecified atom stereocenters. The first-order valence-electron chi connectivity index (χ1n) is 6.06. The topological polar surface area (TPSA) is 44.1 Å². The van der Waals surface area contributed by atoms with Gasteiger partial charge in [-0.15, -0.1) is 0 Å². The van der Waals surface area contributed by atoms with Crippen molar-refractivity contribution in [2.24, 2.45) is 0 Å². The van der Waals surface area contributed by atoms with E-state index in [0.29, 0.717) is 22.2 Å². The zero-order valence-electron chi connectivity index (χ0n) is 10.9. The van der Waals surface area contributed by atoms with Crippen LogP contribution in [0, 0.1) is 0 Å². The van der Waals surface area contributed by atoms with Crippen molar-refractivity contribution in [3.8, 4) is 5.75 Å². The van der Waals surface area contributed by atoms with E-state index in [9.17, 15) is 4.79 Å². The van der Waals surface area contributed by atoms with Gasteiger partial charge in [0, 0.05) is 24.0 Å². The minimum absolute atomic E-state index is 0.160. The fourth-order valence-corrected chi connectivity index (χ4v) is 2.07. The number of rotatable bonds is 5. The number of aryl methyl sites for hydroxylation is 1. The summed E-state index contributed by atoms with van der Waals surface area (Å²) in [5, 5.41) is 0.533. The number of hydrogen-bond acceptors (Lipinski definition) is 3. The first-order chi connectivity index (χ1) is 9.17. The highest BCUT2D eigenvalue weighted by molar-refractivity contribution is 6.31. The number of ketones is 1. The molecule has 0 saturated heterocycles. The van der Waals surface area contributed by atoms with Crippen molar-refractivity contribution >= 4 is 17.4 Å². The van der Waals surface area contributed by atoms with Gasteiger partial charge in [0.2, 0.25) is 5.78 Å². The fraction of sp³-hybridized carbons (Fsp3) is 0.286. The van der Waals surface area contributed by atoms with Crippen LogP contribution in [0.15, 0.2) is 30.6 Å². The molecule has 0 N–H and O–H groups in total. The SMILES string of the molecule is CCCn1ccnc1C(=O)c1ccc(Cl)cc1OC. The molecule has 0 spiro atoms. The van der Waals surface area contributed by atoms with Crippen LogP contribution >= 0.6 is 11.6 Å². The molecule has 0 radical (unpaired) electrons. The molecule has 0 amide bonds. The quantitative estimate of drug-likeness (QED) is 0.789. The third-order valence-corrected chi connectivity index (χ3v) is 3.03. The molecule has 0 bridgehead atoms. The lowest BCUT2D eigenvalue weighted by Crippen LogP contribution is -2.12. The summed E-state index contributed by atoms with van der Waals surface area (Å²) in [6.45, 7) is 2.81. The summed E-state index contributed by atoms with van der Waals surface area (Å²) in [5.41, 5.74) is 0.468. The second-order valence-electron chi connectivity index (χ2n) is 4.12. The summed E-state index contributed by atoms with van der Waals surface area (Å²) in [4.78, 5) is 16.6. The molecule has 19 heavy (non-hydrogen) atoms. The molecule has 5 heteroatoms. The van der Waals surface area contributed by atoms with Crippen molar-refractivity contribution in [1.29, 1.82) is 0 Å². The van der Waals surface area contributed by atoms with Gasteiger partial charge < -0.3 is 9.30 Å². The van der Waals surface area contributed by atoms with Gasteiger partial charge >= 0.3 is 0 Å². The van der Waals surface area contributed by atoms with Gasteiger partial charge in [-0.3, -0.25) is 4.79 Å². The average Bonchev–Trinajstić information content (AvgIpc) is 2.86. The molecular formula is C14H15ClN2O2. The van der Waals surface area contributed by atoms with E-state index < -0.39 is 0 Å². The van der Waals surface area contributed by atoms with Crippen LogP contribution in [-0.4, -0.2) is 22.4 Å². The van der Waals surface area contributed by atoms with E-state index in [-0.39, 0.29) is 5.78 Å². The number of halogens is 1. The predicted octanol–water partition coefficient (Wildman–Crippen LogP) is 3.19. The smallest absolute Gasteiger partial charge is 0.232 e. The maximum atomic E-state index is 12.5. The Hall–Kier alpha value is -1.81. The minimum Gasteiger partial charge on any atom is -0.496 e. The minimum atomic E-state index is -0.160. The lowest BCUT2D eigenvalue weighted by atomic mass is 10.1. The standard InChI is InChI=1S/C14H15ClN2O2/c1-3-7-17-8-6-16-14(17)13(18)11-5-4-10(15)9-12(11)19-2/h4-6,8-9H,3,7H2,1-2H3. The van der Waals surface area contributed by atoms with Crippen LogP contribution in [0.2, 0.25) is 5.02 Å². The molecule has 1 aromatic heterocycles. The van der Waals surface area contributed by atoms with Crippen LogP contribution < -0.4 is 4.74 Å². The van der Waals surface area contributed by atoms with Gasteiger partial charge in [0.1, 0.15) is 5.75 Å². The van der Waals surface area contributed by atoms with Gasteiger partial charge in [0.05, 0.1) is 12.7 Å². The summed E-state index contributed by atoms with van der Waals surface area (Å²) in [5.74, 6) is 0.720. The first kappa shape index (κ1) is 13.6. The van der Waals surface area contributed by atoms with Crippen molar-refractivity contribution in [1.82, 2.24) is 9.55 Å². The van der Waals surface area contributed by atoms with Gasteiger partial charge in [-0.1, -0.05) is 18.5 Å². The highest BCUT2D eigenvalue weighted by Crippen LogP contribution is 2.25. The molecule has 1 aromatic carbocycles. The lowest BCUT2D eigenvalue weighted by Gasteiger charge is -2.09. The largest absolute Gasteiger partial charge is 0.496 e. The number of methoxy groups -OCH3 is 1. The van der Waals surface area contributed by atoms with E-state index in [2.05, 4.69) is 11.9 Å². The molecule has 1 heterocycles. The number of hydrogen-bond donors (Lipinski definition) is 0. The van der Waals surface area contributed by atoms with Crippen molar-refractivity contribution in [3.63, 3.8) is 0 Å². The zero-order valence-corrected chi connectivity index (χ0v) is 11.6. The molecule has 0 aliphatic carbocycles. The van der Waals surface area contributed by atoms with E-state index in [1.54, 1.807) is 30.6 Å². The van der Waals surface area contributed by atoms with Crippen molar-refractivity contribution in [2.75, 3.05) is 7.11 Å². The fourth-order valence-electron chi connectivity index (χ4n) is 1.91. The summed E-state index contributed by atoms with van der Waals surface area (Å²) < 4.78 is 7.05.